The predicted octanol–water partition coefficient (Wildman–Crippen LogP) is 3.32. The van der Waals surface area contributed by atoms with E-state index in [0.29, 0.717) is 5.57 Å². The first-order valence-corrected chi connectivity index (χ1v) is 7.63. The SMILES string of the molecule is CC(=CC(=O)N(C)C1CCNCC1)c1ccccc1C(F)(F)F. The fourth-order valence-corrected chi connectivity index (χ4v) is 2.81. The molecule has 0 spiro atoms. The molecule has 1 aromatic rings. The summed E-state index contributed by atoms with van der Waals surface area (Å²) in [4.78, 5) is 14.0. The van der Waals surface area contributed by atoms with Gasteiger partial charge in [0.15, 0.2) is 0 Å². The number of alkyl halides is 3. The van der Waals surface area contributed by atoms with Crippen molar-refractivity contribution < 1.29 is 18.0 Å². The third-order valence-electron chi connectivity index (χ3n) is 4.20. The van der Waals surface area contributed by atoms with Crippen LogP contribution in [0.1, 0.15) is 30.9 Å². The number of amides is 1. The van der Waals surface area contributed by atoms with Crippen LogP contribution in [0.4, 0.5) is 13.2 Å². The molecule has 0 bridgehead atoms. The molecule has 0 aromatic heterocycles. The summed E-state index contributed by atoms with van der Waals surface area (Å²) in [5.41, 5.74) is -0.346. The van der Waals surface area contributed by atoms with Crippen LogP contribution in [0.25, 0.3) is 5.57 Å². The van der Waals surface area contributed by atoms with Gasteiger partial charge in [-0.1, -0.05) is 18.2 Å². The van der Waals surface area contributed by atoms with Gasteiger partial charge in [0.2, 0.25) is 5.91 Å². The second-order valence-electron chi connectivity index (χ2n) is 5.80. The molecule has 23 heavy (non-hydrogen) atoms. The average Bonchev–Trinajstić information content (AvgIpc) is 2.54. The summed E-state index contributed by atoms with van der Waals surface area (Å²) in [7, 11) is 1.71. The lowest BCUT2D eigenvalue weighted by Crippen LogP contribution is -2.43. The third kappa shape index (κ3) is 4.34. The highest BCUT2D eigenvalue weighted by molar-refractivity contribution is 5.95. The molecule has 1 aromatic carbocycles. The Bertz CT molecular complexity index is 590. The van der Waals surface area contributed by atoms with E-state index in [0.717, 1.165) is 32.0 Å². The number of allylic oxidation sites excluding steroid dienone is 1. The van der Waals surface area contributed by atoms with Gasteiger partial charge in [-0.15, -0.1) is 0 Å². The van der Waals surface area contributed by atoms with Crippen molar-refractivity contribution in [3.8, 4) is 0 Å². The van der Waals surface area contributed by atoms with Crippen molar-refractivity contribution in [2.24, 2.45) is 0 Å². The molecule has 0 saturated carbocycles. The van der Waals surface area contributed by atoms with Crippen molar-refractivity contribution in [1.82, 2.24) is 10.2 Å². The zero-order chi connectivity index (χ0) is 17.0. The van der Waals surface area contributed by atoms with Crippen LogP contribution >= 0.6 is 0 Å². The first-order valence-electron chi connectivity index (χ1n) is 7.63. The fourth-order valence-electron chi connectivity index (χ4n) is 2.81. The van der Waals surface area contributed by atoms with Crippen LogP contribution in [0.15, 0.2) is 30.3 Å². The molecule has 1 aliphatic heterocycles. The van der Waals surface area contributed by atoms with Crippen LogP contribution in [0.3, 0.4) is 0 Å². The third-order valence-corrected chi connectivity index (χ3v) is 4.20. The highest BCUT2D eigenvalue weighted by Crippen LogP contribution is 2.34. The summed E-state index contributed by atoms with van der Waals surface area (Å²) in [6, 6.07) is 5.46. The number of hydrogen-bond acceptors (Lipinski definition) is 2. The molecule has 6 heteroatoms. The average molecular weight is 326 g/mol. The van der Waals surface area contributed by atoms with Gasteiger partial charge >= 0.3 is 6.18 Å². The molecule has 0 radical (unpaired) electrons. The van der Waals surface area contributed by atoms with Gasteiger partial charge in [-0.3, -0.25) is 4.79 Å². The van der Waals surface area contributed by atoms with E-state index in [-0.39, 0.29) is 17.5 Å². The smallest absolute Gasteiger partial charge is 0.339 e. The number of halogens is 3. The van der Waals surface area contributed by atoms with E-state index >= 15 is 0 Å². The Balaban J connectivity index is 2.21. The zero-order valence-electron chi connectivity index (χ0n) is 13.3. The Kier molecular flexibility index (Phi) is 5.46. The summed E-state index contributed by atoms with van der Waals surface area (Å²) in [5, 5.41) is 3.22. The number of rotatable bonds is 3. The molecule has 1 fully saturated rings. The summed E-state index contributed by atoms with van der Waals surface area (Å²) in [5.74, 6) is -0.258. The van der Waals surface area contributed by atoms with E-state index in [2.05, 4.69) is 5.32 Å². The molecule has 1 amide bonds. The summed E-state index contributed by atoms with van der Waals surface area (Å²) in [6.45, 7) is 3.24. The number of nitrogens with zero attached hydrogens (tertiary/aromatic N) is 1. The molecule has 126 valence electrons. The van der Waals surface area contributed by atoms with Gasteiger partial charge in [0, 0.05) is 19.2 Å². The van der Waals surface area contributed by atoms with Crippen LogP contribution in [0.2, 0.25) is 0 Å². The second-order valence-corrected chi connectivity index (χ2v) is 5.80. The van der Waals surface area contributed by atoms with Gasteiger partial charge in [-0.25, -0.2) is 0 Å². The minimum Gasteiger partial charge on any atom is -0.339 e. The Labute approximate surface area is 134 Å². The van der Waals surface area contributed by atoms with Gasteiger partial charge in [-0.05, 0) is 50.1 Å². The van der Waals surface area contributed by atoms with Crippen molar-refractivity contribution in [3.63, 3.8) is 0 Å². The lowest BCUT2D eigenvalue weighted by Gasteiger charge is -2.31. The molecule has 1 aliphatic rings. The molecule has 0 aliphatic carbocycles. The van der Waals surface area contributed by atoms with Crippen molar-refractivity contribution in [2.75, 3.05) is 20.1 Å². The topological polar surface area (TPSA) is 32.3 Å². The first kappa shape index (κ1) is 17.5. The standard InChI is InChI=1S/C17H21F3N2O/c1-12(14-5-3-4-6-15(14)17(18,19)20)11-16(23)22(2)13-7-9-21-10-8-13/h3-6,11,13,21H,7-10H2,1-2H3. The second kappa shape index (κ2) is 7.17. The normalized spacial score (nSPS) is 17.2. The van der Waals surface area contributed by atoms with Crippen molar-refractivity contribution in [3.05, 3.63) is 41.5 Å². The zero-order valence-corrected chi connectivity index (χ0v) is 13.3. The summed E-state index contributed by atoms with van der Waals surface area (Å²) in [6.07, 6.45) is -1.43. The van der Waals surface area contributed by atoms with Crippen molar-refractivity contribution in [2.45, 2.75) is 32.0 Å². The van der Waals surface area contributed by atoms with Gasteiger partial charge in [0.25, 0.3) is 0 Å². The quantitative estimate of drug-likeness (QED) is 0.864. The van der Waals surface area contributed by atoms with E-state index in [9.17, 15) is 18.0 Å². The summed E-state index contributed by atoms with van der Waals surface area (Å²) < 4.78 is 39.2. The lowest BCUT2D eigenvalue weighted by atomic mass is 9.99. The van der Waals surface area contributed by atoms with Gasteiger partial charge in [0.05, 0.1) is 5.56 Å². The first-order chi connectivity index (χ1) is 10.8. The molecular weight excluding hydrogens is 305 g/mol. The van der Waals surface area contributed by atoms with E-state index in [1.165, 1.54) is 18.2 Å². The number of likely N-dealkylation sites (N-methyl/N-ethyl adjacent to an activating group) is 1. The van der Waals surface area contributed by atoms with Crippen LogP contribution in [-0.2, 0) is 11.0 Å². The minimum absolute atomic E-state index is 0.0482. The van der Waals surface area contributed by atoms with E-state index in [4.69, 9.17) is 0 Å². The monoisotopic (exact) mass is 326 g/mol. The minimum atomic E-state index is -4.43. The molecular formula is C17H21F3N2O. The lowest BCUT2D eigenvalue weighted by molar-refractivity contribution is -0.137. The van der Waals surface area contributed by atoms with Gasteiger partial charge in [-0.2, -0.15) is 13.2 Å². The van der Waals surface area contributed by atoms with E-state index in [1.807, 2.05) is 0 Å². The highest BCUT2D eigenvalue weighted by Gasteiger charge is 2.33. The van der Waals surface area contributed by atoms with Crippen LogP contribution in [-0.4, -0.2) is 37.0 Å². The number of carbonyl (C=O) groups excluding carboxylic acids is 1. The number of piperidine rings is 1. The molecule has 2 rings (SSSR count). The maximum absolute atomic E-state index is 13.1. The molecule has 1 N–H and O–H groups in total. The number of hydrogen-bond donors (Lipinski definition) is 1. The Morgan fingerprint density at radius 3 is 2.48 bits per heavy atom. The number of benzene rings is 1. The Morgan fingerprint density at radius 1 is 1.26 bits per heavy atom. The number of nitrogens with one attached hydrogen (secondary N) is 1. The fraction of sp³-hybridized carbons (Fsp3) is 0.471. The Hall–Kier alpha value is -1.82. The van der Waals surface area contributed by atoms with E-state index in [1.54, 1.807) is 24.9 Å². The molecule has 3 nitrogen and oxygen atoms in total. The van der Waals surface area contributed by atoms with Crippen LogP contribution in [0, 0.1) is 0 Å². The van der Waals surface area contributed by atoms with Crippen LogP contribution in [0.5, 0.6) is 0 Å². The van der Waals surface area contributed by atoms with Gasteiger partial charge in [0.1, 0.15) is 0 Å². The summed E-state index contributed by atoms with van der Waals surface area (Å²) >= 11 is 0. The van der Waals surface area contributed by atoms with Gasteiger partial charge < -0.3 is 10.2 Å². The molecule has 0 unspecified atom stereocenters. The maximum atomic E-state index is 13.1. The molecule has 1 saturated heterocycles. The van der Waals surface area contributed by atoms with Crippen LogP contribution < -0.4 is 5.32 Å². The highest BCUT2D eigenvalue weighted by atomic mass is 19.4. The molecule has 0 atom stereocenters. The maximum Gasteiger partial charge on any atom is 0.416 e. The van der Waals surface area contributed by atoms with Crippen molar-refractivity contribution >= 4 is 11.5 Å². The van der Waals surface area contributed by atoms with E-state index < -0.39 is 11.7 Å². The predicted molar refractivity (Wildman–Crippen MR) is 83.8 cm³/mol. The Morgan fingerprint density at radius 2 is 1.87 bits per heavy atom. The van der Waals surface area contributed by atoms with Crippen molar-refractivity contribution in [1.29, 1.82) is 0 Å². The number of carbonyl (C=O) groups is 1. The largest absolute Gasteiger partial charge is 0.416 e. The molecule has 1 heterocycles.